The van der Waals surface area contributed by atoms with Gasteiger partial charge in [0.05, 0.1) is 35.0 Å². The molecule has 0 saturated heterocycles. The number of hydrogen-bond acceptors (Lipinski definition) is 6. The topological polar surface area (TPSA) is 67.9 Å². The zero-order chi connectivity index (χ0) is 21.4. The van der Waals surface area contributed by atoms with Crippen LogP contribution in [0.3, 0.4) is 0 Å². The maximum Gasteiger partial charge on any atom is 0.310 e. The normalized spacial score (nSPS) is 16.0. The van der Waals surface area contributed by atoms with Gasteiger partial charge in [-0.15, -0.1) is 11.3 Å². The van der Waals surface area contributed by atoms with Crippen LogP contribution in [0.15, 0.2) is 69.7 Å². The van der Waals surface area contributed by atoms with Crippen molar-refractivity contribution in [2.75, 3.05) is 6.61 Å². The number of ether oxygens (including phenoxy) is 1. The Morgan fingerprint density at radius 3 is 2.94 bits per heavy atom. The van der Waals surface area contributed by atoms with Crippen molar-refractivity contribution in [3.63, 3.8) is 0 Å². The Labute approximate surface area is 187 Å². The molecule has 0 saturated carbocycles. The molecule has 4 heterocycles. The van der Waals surface area contributed by atoms with Crippen LogP contribution >= 0.6 is 22.9 Å². The number of carbonyl (C=O) groups is 1. The summed E-state index contributed by atoms with van der Waals surface area (Å²) in [6.07, 6.45) is 2.01. The first-order valence-corrected chi connectivity index (χ1v) is 11.1. The van der Waals surface area contributed by atoms with Crippen molar-refractivity contribution in [2.45, 2.75) is 19.4 Å². The highest BCUT2D eigenvalue weighted by molar-refractivity contribution is 7.12. The number of hydrazone groups is 1. The summed E-state index contributed by atoms with van der Waals surface area (Å²) in [4.78, 5) is 18.7. The van der Waals surface area contributed by atoms with Gasteiger partial charge in [0.1, 0.15) is 10.9 Å². The van der Waals surface area contributed by atoms with Crippen LogP contribution in [0.5, 0.6) is 5.75 Å². The van der Waals surface area contributed by atoms with Gasteiger partial charge in [-0.2, -0.15) is 5.10 Å². The van der Waals surface area contributed by atoms with Gasteiger partial charge in [-0.1, -0.05) is 17.7 Å². The van der Waals surface area contributed by atoms with Crippen molar-refractivity contribution in [1.29, 1.82) is 0 Å². The summed E-state index contributed by atoms with van der Waals surface area (Å²) < 4.78 is 10.9. The Hall–Kier alpha value is -3.16. The molecule has 0 aliphatic carbocycles. The standard InChI is InChI=1S/C23H18ClN3O3S/c1-2-29-15-8-7-14-11-16(22(24)25-17(14)12-15)19-13-18(21-6-4-10-31-21)26-27(19)23(28)20-5-3-9-30-20/h3-12,19H,2,13H2,1H3. The fourth-order valence-electron chi connectivity index (χ4n) is 3.67. The van der Waals surface area contributed by atoms with E-state index in [1.165, 1.54) is 11.3 Å². The van der Waals surface area contributed by atoms with Gasteiger partial charge in [0.15, 0.2) is 5.76 Å². The summed E-state index contributed by atoms with van der Waals surface area (Å²) in [7, 11) is 0. The molecule has 3 aromatic heterocycles. The Morgan fingerprint density at radius 1 is 1.29 bits per heavy atom. The first-order valence-electron chi connectivity index (χ1n) is 9.85. The molecule has 8 heteroatoms. The second-order valence-electron chi connectivity index (χ2n) is 7.03. The van der Waals surface area contributed by atoms with E-state index in [2.05, 4.69) is 10.1 Å². The molecule has 1 aliphatic rings. The summed E-state index contributed by atoms with van der Waals surface area (Å²) in [5, 5.41) is 9.35. The van der Waals surface area contributed by atoms with Crippen molar-refractivity contribution in [1.82, 2.24) is 9.99 Å². The number of hydrogen-bond donors (Lipinski definition) is 0. The van der Waals surface area contributed by atoms with Gasteiger partial charge in [-0.25, -0.2) is 9.99 Å². The summed E-state index contributed by atoms with van der Waals surface area (Å²) in [6.45, 7) is 2.51. The van der Waals surface area contributed by atoms with Crippen LogP contribution in [-0.4, -0.2) is 28.2 Å². The lowest BCUT2D eigenvalue weighted by molar-refractivity contribution is 0.0678. The molecule has 5 rings (SSSR count). The number of pyridine rings is 1. The minimum atomic E-state index is -0.384. The van der Waals surface area contributed by atoms with Gasteiger partial charge in [0.25, 0.3) is 0 Å². The Bertz CT molecular complexity index is 1270. The number of benzene rings is 1. The third-order valence-corrected chi connectivity index (χ3v) is 6.32. The number of thiophene rings is 1. The fraction of sp³-hybridized carbons (Fsp3) is 0.174. The number of fused-ring (bicyclic) bond motifs is 1. The van der Waals surface area contributed by atoms with Crippen molar-refractivity contribution < 1.29 is 13.9 Å². The molecule has 6 nitrogen and oxygen atoms in total. The highest BCUT2D eigenvalue weighted by Crippen LogP contribution is 2.39. The smallest absolute Gasteiger partial charge is 0.310 e. The van der Waals surface area contributed by atoms with Crippen molar-refractivity contribution >= 4 is 45.5 Å². The fourth-order valence-corrected chi connectivity index (χ4v) is 4.67. The van der Waals surface area contributed by atoms with Crippen LogP contribution in [0.25, 0.3) is 10.9 Å². The maximum atomic E-state index is 13.1. The lowest BCUT2D eigenvalue weighted by atomic mass is 10.0. The van der Waals surface area contributed by atoms with E-state index < -0.39 is 0 Å². The zero-order valence-corrected chi connectivity index (χ0v) is 18.2. The SMILES string of the molecule is CCOc1ccc2cc(C3CC(c4cccs4)=NN3C(=O)c3ccco3)c(Cl)nc2c1. The van der Waals surface area contributed by atoms with Gasteiger partial charge >= 0.3 is 5.91 Å². The Balaban J connectivity index is 1.56. The highest BCUT2D eigenvalue weighted by atomic mass is 35.5. The molecule has 0 N–H and O–H groups in total. The largest absolute Gasteiger partial charge is 0.494 e. The maximum absolute atomic E-state index is 13.1. The second-order valence-corrected chi connectivity index (χ2v) is 8.33. The van der Waals surface area contributed by atoms with Crippen LogP contribution in [0.2, 0.25) is 5.15 Å². The minimum absolute atomic E-state index is 0.229. The number of nitrogens with zero attached hydrogens (tertiary/aromatic N) is 3. The molecule has 1 unspecified atom stereocenters. The van der Waals surface area contributed by atoms with Crippen LogP contribution in [0.1, 0.15) is 40.4 Å². The number of rotatable bonds is 5. The lowest BCUT2D eigenvalue weighted by Crippen LogP contribution is -2.27. The lowest BCUT2D eigenvalue weighted by Gasteiger charge is -2.22. The molecule has 4 aromatic rings. The van der Waals surface area contributed by atoms with E-state index in [1.54, 1.807) is 23.5 Å². The number of halogens is 1. The van der Waals surface area contributed by atoms with Crippen LogP contribution < -0.4 is 4.74 Å². The molecule has 0 bridgehead atoms. The summed E-state index contributed by atoms with van der Waals surface area (Å²) in [5.41, 5.74) is 2.32. The number of aromatic nitrogens is 1. The quantitative estimate of drug-likeness (QED) is 0.352. The van der Waals surface area contributed by atoms with E-state index in [4.69, 9.17) is 20.8 Å². The van der Waals surface area contributed by atoms with Gasteiger partial charge in [0.2, 0.25) is 0 Å². The molecule has 0 spiro atoms. The Morgan fingerprint density at radius 2 is 2.19 bits per heavy atom. The van der Waals surface area contributed by atoms with E-state index >= 15 is 0 Å². The van der Waals surface area contributed by atoms with E-state index in [0.29, 0.717) is 18.2 Å². The van der Waals surface area contributed by atoms with Gasteiger partial charge in [-0.05, 0) is 48.7 Å². The average molecular weight is 452 g/mol. The number of amides is 1. The monoisotopic (exact) mass is 451 g/mol. The molecule has 1 amide bonds. The number of carbonyl (C=O) groups excluding carboxylic acids is 1. The summed E-state index contributed by atoms with van der Waals surface area (Å²) in [5.74, 6) is 0.655. The third-order valence-electron chi connectivity index (χ3n) is 5.10. The summed E-state index contributed by atoms with van der Waals surface area (Å²) >= 11 is 8.21. The molecule has 1 aromatic carbocycles. The average Bonchev–Trinajstić information content (AvgIpc) is 3.54. The second kappa shape index (κ2) is 8.17. The number of furan rings is 1. The van der Waals surface area contributed by atoms with Gasteiger partial charge in [0, 0.05) is 23.4 Å². The van der Waals surface area contributed by atoms with Crippen LogP contribution in [0.4, 0.5) is 0 Å². The predicted octanol–water partition coefficient (Wildman–Crippen LogP) is 5.93. The third kappa shape index (κ3) is 3.71. The first kappa shape index (κ1) is 19.8. The van der Waals surface area contributed by atoms with E-state index in [1.807, 2.05) is 48.7 Å². The van der Waals surface area contributed by atoms with Gasteiger partial charge < -0.3 is 9.15 Å². The van der Waals surface area contributed by atoms with Crippen LogP contribution in [0, 0.1) is 0 Å². The van der Waals surface area contributed by atoms with E-state index in [-0.39, 0.29) is 17.7 Å². The van der Waals surface area contributed by atoms with E-state index in [0.717, 1.165) is 32.8 Å². The van der Waals surface area contributed by atoms with Crippen molar-refractivity contribution in [3.05, 3.63) is 81.5 Å². The van der Waals surface area contributed by atoms with Gasteiger partial charge in [-0.3, -0.25) is 4.79 Å². The highest BCUT2D eigenvalue weighted by Gasteiger charge is 2.36. The first-order chi connectivity index (χ1) is 15.1. The molecular weight excluding hydrogens is 434 g/mol. The van der Waals surface area contributed by atoms with Crippen molar-refractivity contribution in [3.8, 4) is 5.75 Å². The van der Waals surface area contributed by atoms with Crippen molar-refractivity contribution in [2.24, 2.45) is 5.10 Å². The van der Waals surface area contributed by atoms with E-state index in [9.17, 15) is 4.79 Å². The minimum Gasteiger partial charge on any atom is -0.494 e. The van der Waals surface area contributed by atoms with Crippen LogP contribution in [-0.2, 0) is 0 Å². The molecule has 0 radical (unpaired) electrons. The molecule has 1 atom stereocenters. The summed E-state index contributed by atoms with van der Waals surface area (Å²) in [6, 6.07) is 14.6. The molecule has 1 aliphatic heterocycles. The zero-order valence-electron chi connectivity index (χ0n) is 16.6. The molecule has 0 fully saturated rings. The molecule has 156 valence electrons. The molecule has 31 heavy (non-hydrogen) atoms. The predicted molar refractivity (Wildman–Crippen MR) is 121 cm³/mol. The Kier molecular flexibility index (Phi) is 5.21. The molecular formula is C23H18ClN3O3S.